The van der Waals surface area contributed by atoms with Crippen LogP contribution < -0.4 is 5.32 Å². The molecular weight excluding hydrogens is 281 g/mol. The lowest BCUT2D eigenvalue weighted by molar-refractivity contribution is -0.0717. The van der Waals surface area contributed by atoms with Gasteiger partial charge in [-0.2, -0.15) is 5.26 Å². The number of ether oxygens (including phenoxy) is 1. The molecule has 0 unspecified atom stereocenters. The summed E-state index contributed by atoms with van der Waals surface area (Å²) in [6.45, 7) is 4.20. The number of nitrogens with zero attached hydrogens (tertiary/aromatic N) is 2. The zero-order valence-corrected chi connectivity index (χ0v) is 11.7. The maximum Gasteiger partial charge on any atom is 0.142 e. The Bertz CT molecular complexity index is 560. The topological polar surface area (TPSA) is 48.3 Å². The predicted octanol–water partition coefficient (Wildman–Crippen LogP) is 1.70. The molecule has 2 heterocycles. The van der Waals surface area contributed by atoms with Gasteiger partial charge in [0, 0.05) is 37.8 Å². The van der Waals surface area contributed by atoms with E-state index < -0.39 is 5.82 Å². The van der Waals surface area contributed by atoms with Gasteiger partial charge >= 0.3 is 0 Å². The van der Waals surface area contributed by atoms with Crippen LogP contribution in [-0.4, -0.2) is 43.7 Å². The lowest BCUT2D eigenvalue weighted by Gasteiger charge is -2.42. The SMILES string of the molecule is N#Cc1c(F)ccc([C@H]2CN3CCNC[C@H]3CO2)c1Cl. The summed E-state index contributed by atoms with van der Waals surface area (Å²) in [4.78, 5) is 2.36. The van der Waals surface area contributed by atoms with Crippen LogP contribution in [0.25, 0.3) is 0 Å². The van der Waals surface area contributed by atoms with Crippen LogP contribution in [-0.2, 0) is 4.74 Å². The van der Waals surface area contributed by atoms with Gasteiger partial charge in [-0.3, -0.25) is 4.90 Å². The summed E-state index contributed by atoms with van der Waals surface area (Å²) < 4.78 is 19.4. The molecule has 2 atom stereocenters. The predicted molar refractivity (Wildman–Crippen MR) is 73.0 cm³/mol. The summed E-state index contributed by atoms with van der Waals surface area (Å²) in [6, 6.07) is 5.10. The second-order valence-electron chi connectivity index (χ2n) is 5.11. The summed E-state index contributed by atoms with van der Waals surface area (Å²) in [5, 5.41) is 12.5. The van der Waals surface area contributed by atoms with E-state index in [9.17, 15) is 4.39 Å². The molecule has 2 aliphatic rings. The van der Waals surface area contributed by atoms with Crippen molar-refractivity contribution in [2.45, 2.75) is 12.1 Å². The number of morpholine rings is 1. The van der Waals surface area contributed by atoms with E-state index in [1.807, 2.05) is 6.07 Å². The second-order valence-corrected chi connectivity index (χ2v) is 5.49. The Morgan fingerprint density at radius 3 is 3.15 bits per heavy atom. The fraction of sp³-hybridized carbons (Fsp3) is 0.500. The van der Waals surface area contributed by atoms with E-state index >= 15 is 0 Å². The van der Waals surface area contributed by atoms with Crippen molar-refractivity contribution in [1.29, 1.82) is 5.26 Å². The Kier molecular flexibility index (Phi) is 3.90. The van der Waals surface area contributed by atoms with Crippen molar-refractivity contribution in [3.05, 3.63) is 34.1 Å². The third kappa shape index (κ3) is 2.40. The molecule has 3 rings (SSSR count). The van der Waals surface area contributed by atoms with Crippen molar-refractivity contribution in [2.75, 3.05) is 32.8 Å². The summed E-state index contributed by atoms with van der Waals surface area (Å²) in [7, 11) is 0. The summed E-state index contributed by atoms with van der Waals surface area (Å²) >= 11 is 6.15. The summed E-state index contributed by atoms with van der Waals surface area (Å²) in [6.07, 6.45) is -0.204. The van der Waals surface area contributed by atoms with E-state index in [4.69, 9.17) is 21.6 Å². The number of hydrogen-bond acceptors (Lipinski definition) is 4. The Morgan fingerprint density at radius 2 is 2.35 bits per heavy atom. The van der Waals surface area contributed by atoms with E-state index in [2.05, 4.69) is 10.2 Å². The zero-order valence-electron chi connectivity index (χ0n) is 10.9. The Morgan fingerprint density at radius 1 is 1.50 bits per heavy atom. The maximum atomic E-state index is 13.5. The van der Waals surface area contributed by atoms with Gasteiger partial charge in [-0.25, -0.2) is 4.39 Å². The molecule has 1 aromatic rings. The van der Waals surface area contributed by atoms with Crippen molar-refractivity contribution in [1.82, 2.24) is 10.2 Å². The fourth-order valence-corrected chi connectivity index (χ4v) is 3.13. The maximum absolute atomic E-state index is 13.5. The average Bonchev–Trinajstić information content (AvgIpc) is 2.47. The number of piperazine rings is 1. The van der Waals surface area contributed by atoms with Gasteiger partial charge in [0.15, 0.2) is 0 Å². The molecule has 0 amide bonds. The number of nitriles is 1. The molecule has 1 N–H and O–H groups in total. The van der Waals surface area contributed by atoms with Crippen molar-refractivity contribution in [3.63, 3.8) is 0 Å². The lowest BCUT2D eigenvalue weighted by atomic mass is 10.0. The summed E-state index contributed by atoms with van der Waals surface area (Å²) in [5.41, 5.74) is 0.594. The van der Waals surface area contributed by atoms with Crippen LogP contribution in [0.1, 0.15) is 17.2 Å². The molecule has 0 bridgehead atoms. The van der Waals surface area contributed by atoms with Crippen LogP contribution in [0.4, 0.5) is 4.39 Å². The summed E-state index contributed by atoms with van der Waals surface area (Å²) in [5.74, 6) is -0.586. The molecule has 2 saturated heterocycles. The second kappa shape index (κ2) is 5.66. The number of hydrogen-bond donors (Lipinski definition) is 1. The van der Waals surface area contributed by atoms with Crippen molar-refractivity contribution >= 4 is 11.6 Å². The smallest absolute Gasteiger partial charge is 0.142 e. The molecule has 6 heteroatoms. The molecule has 0 spiro atoms. The van der Waals surface area contributed by atoms with Gasteiger partial charge in [-0.15, -0.1) is 0 Å². The first kappa shape index (κ1) is 13.8. The van der Waals surface area contributed by atoms with E-state index in [0.29, 0.717) is 18.2 Å². The van der Waals surface area contributed by atoms with Gasteiger partial charge in [0.1, 0.15) is 17.4 Å². The van der Waals surface area contributed by atoms with Crippen molar-refractivity contribution in [2.24, 2.45) is 0 Å². The van der Waals surface area contributed by atoms with E-state index in [-0.39, 0.29) is 16.7 Å². The molecule has 2 aliphatic heterocycles. The van der Waals surface area contributed by atoms with Gasteiger partial charge in [-0.1, -0.05) is 17.7 Å². The Hall–Kier alpha value is -1.19. The van der Waals surface area contributed by atoms with Crippen LogP contribution in [0, 0.1) is 17.1 Å². The molecule has 2 fully saturated rings. The first-order chi connectivity index (χ1) is 9.70. The number of fused-ring (bicyclic) bond motifs is 1. The minimum Gasteiger partial charge on any atom is -0.370 e. The van der Waals surface area contributed by atoms with Gasteiger partial charge < -0.3 is 10.1 Å². The Balaban J connectivity index is 1.85. The quantitative estimate of drug-likeness (QED) is 0.857. The van der Waals surface area contributed by atoms with E-state index in [1.165, 1.54) is 6.07 Å². The fourth-order valence-electron chi connectivity index (χ4n) is 2.81. The average molecular weight is 296 g/mol. The van der Waals surface area contributed by atoms with Gasteiger partial charge in [0.2, 0.25) is 0 Å². The van der Waals surface area contributed by atoms with Crippen LogP contribution in [0.5, 0.6) is 0 Å². The molecular formula is C14H15ClFN3O. The number of rotatable bonds is 1. The molecule has 106 valence electrons. The van der Waals surface area contributed by atoms with E-state index in [1.54, 1.807) is 6.07 Å². The molecule has 0 aliphatic carbocycles. The standard InChI is InChI=1S/C14H15ClFN3O/c15-14-10(1-2-12(16)11(14)5-17)13-7-19-4-3-18-6-9(19)8-20-13/h1-2,9,13,18H,3-4,6-8H2/t9-,13+/m0/s1. The first-order valence-electron chi connectivity index (χ1n) is 6.65. The highest BCUT2D eigenvalue weighted by Gasteiger charge is 2.32. The highest BCUT2D eigenvalue weighted by atomic mass is 35.5. The lowest BCUT2D eigenvalue weighted by Crippen LogP contribution is -2.57. The van der Waals surface area contributed by atoms with Crippen molar-refractivity contribution in [3.8, 4) is 6.07 Å². The molecule has 1 aromatic carbocycles. The highest BCUT2D eigenvalue weighted by molar-refractivity contribution is 6.32. The number of benzene rings is 1. The molecule has 20 heavy (non-hydrogen) atoms. The van der Waals surface area contributed by atoms with Crippen LogP contribution in [0.3, 0.4) is 0 Å². The number of halogens is 2. The molecule has 0 saturated carbocycles. The van der Waals surface area contributed by atoms with Gasteiger partial charge in [0.25, 0.3) is 0 Å². The Labute approximate surface area is 122 Å². The first-order valence-corrected chi connectivity index (χ1v) is 7.03. The van der Waals surface area contributed by atoms with Gasteiger partial charge in [0.05, 0.1) is 17.7 Å². The minimum absolute atomic E-state index is 0.102. The zero-order chi connectivity index (χ0) is 14.1. The minimum atomic E-state index is -0.586. The number of nitrogens with one attached hydrogen (secondary N) is 1. The molecule has 0 radical (unpaired) electrons. The third-order valence-electron chi connectivity index (χ3n) is 3.94. The third-order valence-corrected chi connectivity index (χ3v) is 4.35. The normalized spacial score (nSPS) is 26.9. The molecule has 4 nitrogen and oxygen atoms in total. The largest absolute Gasteiger partial charge is 0.370 e. The van der Waals surface area contributed by atoms with Crippen molar-refractivity contribution < 1.29 is 9.13 Å². The monoisotopic (exact) mass is 295 g/mol. The van der Waals surface area contributed by atoms with E-state index in [0.717, 1.165) is 26.2 Å². The van der Waals surface area contributed by atoms with Gasteiger partial charge in [-0.05, 0) is 6.07 Å². The van der Waals surface area contributed by atoms with Crippen LogP contribution >= 0.6 is 11.6 Å². The molecule has 0 aromatic heterocycles. The van der Waals surface area contributed by atoms with Crippen LogP contribution in [0.15, 0.2) is 12.1 Å². The highest BCUT2D eigenvalue weighted by Crippen LogP contribution is 2.33. The van der Waals surface area contributed by atoms with Crippen LogP contribution in [0.2, 0.25) is 5.02 Å².